The van der Waals surface area contributed by atoms with Gasteiger partial charge in [0.05, 0.1) is 0 Å². The van der Waals surface area contributed by atoms with Crippen LogP contribution in [0.25, 0.3) is 0 Å². The van der Waals surface area contributed by atoms with Crippen LogP contribution < -0.4 is 4.74 Å². The first-order chi connectivity index (χ1) is 7.40. The largest absolute Gasteiger partial charge is 0.423 e. The first kappa shape index (κ1) is 12.5. The zero-order valence-corrected chi connectivity index (χ0v) is 10.5. The van der Waals surface area contributed by atoms with E-state index in [1.54, 1.807) is 0 Å². The van der Waals surface area contributed by atoms with E-state index < -0.39 is 0 Å². The van der Waals surface area contributed by atoms with E-state index in [1.165, 1.54) is 6.08 Å². The van der Waals surface area contributed by atoms with Crippen molar-refractivity contribution in [3.63, 3.8) is 0 Å². The number of hydrogen-bond donors (Lipinski definition) is 0. The normalized spacial score (nSPS) is 9.81. The van der Waals surface area contributed by atoms with Crippen molar-refractivity contribution in [1.82, 2.24) is 0 Å². The number of hydrogen-bond acceptors (Lipinski definition) is 2. The fourth-order valence-electron chi connectivity index (χ4n) is 1.48. The van der Waals surface area contributed by atoms with Crippen LogP contribution in [-0.2, 0) is 4.79 Å². The molecule has 2 nitrogen and oxygen atoms in total. The van der Waals surface area contributed by atoms with Gasteiger partial charge in [0.15, 0.2) is 0 Å². The maximum Gasteiger partial charge on any atom is 0.336 e. The van der Waals surface area contributed by atoms with Crippen molar-refractivity contribution in [2.45, 2.75) is 34.6 Å². The smallest absolute Gasteiger partial charge is 0.336 e. The lowest BCUT2D eigenvalue weighted by molar-refractivity contribution is -0.129. The lowest BCUT2D eigenvalue weighted by Gasteiger charge is -2.09. The van der Waals surface area contributed by atoms with Crippen LogP contribution in [0.3, 0.4) is 0 Å². The summed E-state index contributed by atoms with van der Waals surface area (Å²) in [7, 11) is 0. The van der Waals surface area contributed by atoms with Gasteiger partial charge in [0, 0.05) is 6.08 Å². The maximum atomic E-state index is 11.5. The number of benzene rings is 1. The van der Waals surface area contributed by atoms with E-state index in [-0.39, 0.29) is 5.97 Å². The molecule has 0 aliphatic rings. The quantitative estimate of drug-likeness (QED) is 0.431. The Morgan fingerprint density at radius 1 is 1.19 bits per heavy atom. The van der Waals surface area contributed by atoms with Crippen LogP contribution in [0.4, 0.5) is 0 Å². The van der Waals surface area contributed by atoms with Crippen LogP contribution in [0.5, 0.6) is 5.75 Å². The predicted octanol–water partition coefficient (Wildman–Crippen LogP) is 3.48. The van der Waals surface area contributed by atoms with Crippen molar-refractivity contribution in [2.75, 3.05) is 0 Å². The van der Waals surface area contributed by atoms with Crippen LogP contribution in [0.15, 0.2) is 23.8 Å². The number of aryl methyl sites for hydroxylation is 2. The molecule has 0 N–H and O–H groups in total. The monoisotopic (exact) mass is 218 g/mol. The third-order valence-corrected chi connectivity index (χ3v) is 2.38. The van der Waals surface area contributed by atoms with Crippen molar-refractivity contribution >= 4 is 5.97 Å². The average Bonchev–Trinajstić information content (AvgIpc) is 2.11. The topological polar surface area (TPSA) is 26.3 Å². The molecule has 0 fully saturated rings. The molecule has 0 atom stereocenters. The second-order valence-electron chi connectivity index (χ2n) is 4.35. The number of carbonyl (C=O) groups is 1. The molecule has 16 heavy (non-hydrogen) atoms. The van der Waals surface area contributed by atoms with Crippen molar-refractivity contribution in [3.05, 3.63) is 40.5 Å². The summed E-state index contributed by atoms with van der Waals surface area (Å²) in [5.74, 6) is 0.341. The summed E-state index contributed by atoms with van der Waals surface area (Å²) < 4.78 is 5.30. The van der Waals surface area contributed by atoms with E-state index in [4.69, 9.17) is 4.74 Å². The Kier molecular flexibility index (Phi) is 3.88. The molecule has 0 radical (unpaired) electrons. The summed E-state index contributed by atoms with van der Waals surface area (Å²) in [5.41, 5.74) is 4.19. The lowest BCUT2D eigenvalue weighted by atomic mass is 10.1. The Morgan fingerprint density at radius 2 is 1.81 bits per heavy atom. The minimum absolute atomic E-state index is 0.312. The van der Waals surface area contributed by atoms with Crippen molar-refractivity contribution in [3.8, 4) is 5.75 Å². The van der Waals surface area contributed by atoms with Gasteiger partial charge in [-0.3, -0.25) is 0 Å². The van der Waals surface area contributed by atoms with Gasteiger partial charge in [-0.2, -0.15) is 0 Å². The Morgan fingerprint density at radius 3 is 2.38 bits per heavy atom. The molecule has 0 spiro atoms. The Balaban J connectivity index is 2.98. The van der Waals surface area contributed by atoms with Gasteiger partial charge >= 0.3 is 5.97 Å². The Bertz CT molecular complexity index is 438. The molecule has 1 aromatic rings. The zero-order valence-electron chi connectivity index (χ0n) is 10.5. The van der Waals surface area contributed by atoms with Crippen LogP contribution >= 0.6 is 0 Å². The Labute approximate surface area is 96.9 Å². The average molecular weight is 218 g/mol. The van der Waals surface area contributed by atoms with Gasteiger partial charge < -0.3 is 4.74 Å². The van der Waals surface area contributed by atoms with Gasteiger partial charge in [-0.1, -0.05) is 11.6 Å². The van der Waals surface area contributed by atoms with Gasteiger partial charge in [-0.05, 0) is 57.4 Å². The third kappa shape index (κ3) is 3.23. The van der Waals surface area contributed by atoms with E-state index in [9.17, 15) is 4.79 Å². The highest BCUT2D eigenvalue weighted by atomic mass is 16.5. The second kappa shape index (κ2) is 4.97. The first-order valence-electron chi connectivity index (χ1n) is 5.34. The van der Waals surface area contributed by atoms with Gasteiger partial charge in [0.25, 0.3) is 0 Å². The minimum atomic E-state index is -0.312. The van der Waals surface area contributed by atoms with E-state index in [0.29, 0.717) is 5.75 Å². The molecule has 0 saturated heterocycles. The summed E-state index contributed by atoms with van der Waals surface area (Å²) in [6.45, 7) is 9.70. The summed E-state index contributed by atoms with van der Waals surface area (Å²) in [5, 5.41) is 0. The molecule has 0 aliphatic heterocycles. The summed E-state index contributed by atoms with van der Waals surface area (Å²) in [6.07, 6.45) is 1.50. The van der Waals surface area contributed by atoms with Crippen molar-refractivity contribution in [2.24, 2.45) is 0 Å². The summed E-state index contributed by atoms with van der Waals surface area (Å²) >= 11 is 0. The fourth-order valence-corrected chi connectivity index (χ4v) is 1.48. The summed E-state index contributed by atoms with van der Waals surface area (Å²) in [6, 6.07) is 3.96. The number of esters is 1. The van der Waals surface area contributed by atoms with Gasteiger partial charge in [0.2, 0.25) is 0 Å². The van der Waals surface area contributed by atoms with Crippen LogP contribution in [-0.4, -0.2) is 5.97 Å². The van der Waals surface area contributed by atoms with Crippen LogP contribution in [0, 0.1) is 20.8 Å². The minimum Gasteiger partial charge on any atom is -0.423 e. The molecule has 1 aromatic carbocycles. The zero-order chi connectivity index (χ0) is 12.3. The molecule has 86 valence electrons. The van der Waals surface area contributed by atoms with Gasteiger partial charge in [-0.25, -0.2) is 4.79 Å². The molecule has 0 bridgehead atoms. The number of allylic oxidation sites excluding steroid dienone is 1. The highest BCUT2D eigenvalue weighted by molar-refractivity contribution is 5.84. The van der Waals surface area contributed by atoms with E-state index >= 15 is 0 Å². The number of rotatable bonds is 2. The highest BCUT2D eigenvalue weighted by Gasteiger charge is 2.07. The molecular weight excluding hydrogens is 200 g/mol. The molecule has 0 heterocycles. The van der Waals surface area contributed by atoms with Gasteiger partial charge in [0.1, 0.15) is 5.75 Å². The summed E-state index contributed by atoms with van der Waals surface area (Å²) in [4.78, 5) is 11.5. The van der Waals surface area contributed by atoms with Crippen molar-refractivity contribution < 1.29 is 9.53 Å². The molecule has 0 aliphatic carbocycles. The second-order valence-corrected chi connectivity index (χ2v) is 4.35. The van der Waals surface area contributed by atoms with Gasteiger partial charge in [-0.15, -0.1) is 0 Å². The van der Waals surface area contributed by atoms with E-state index in [2.05, 4.69) is 6.07 Å². The van der Waals surface area contributed by atoms with Crippen molar-refractivity contribution in [1.29, 1.82) is 0 Å². The Hall–Kier alpha value is -1.57. The molecule has 0 amide bonds. The molecular formula is C14H18O2. The first-order valence-corrected chi connectivity index (χ1v) is 5.34. The molecule has 0 aromatic heterocycles. The predicted molar refractivity (Wildman–Crippen MR) is 65.7 cm³/mol. The maximum absolute atomic E-state index is 11.5. The number of carbonyl (C=O) groups excluding carboxylic acids is 1. The van der Waals surface area contributed by atoms with Crippen LogP contribution in [0.1, 0.15) is 30.5 Å². The molecule has 1 rings (SSSR count). The molecule has 0 saturated carbocycles. The standard InChI is InChI=1S/C14H18O2/c1-9(2)6-14(15)16-13-8-10(3)7-11(4)12(13)5/h6-8H,1-5H3. The lowest BCUT2D eigenvalue weighted by Crippen LogP contribution is -2.06. The highest BCUT2D eigenvalue weighted by Crippen LogP contribution is 2.23. The third-order valence-electron chi connectivity index (χ3n) is 2.38. The SMILES string of the molecule is CC(C)=CC(=O)Oc1cc(C)cc(C)c1C. The molecule has 0 unspecified atom stereocenters. The molecule has 2 heteroatoms. The fraction of sp³-hybridized carbons (Fsp3) is 0.357. The van der Waals surface area contributed by atoms with E-state index in [0.717, 1.165) is 22.3 Å². The number of ether oxygens (including phenoxy) is 1. The van der Waals surface area contributed by atoms with E-state index in [1.807, 2.05) is 40.7 Å². The van der Waals surface area contributed by atoms with Crippen LogP contribution in [0.2, 0.25) is 0 Å².